The van der Waals surface area contributed by atoms with Crippen molar-refractivity contribution < 1.29 is 33.9 Å². The minimum Gasteiger partial charge on any atom is -0.478 e. The molecule has 2 aromatic rings. The van der Waals surface area contributed by atoms with Crippen LogP contribution in [0.2, 0.25) is 0 Å². The maximum atomic E-state index is 13.3. The molecule has 47 heavy (non-hydrogen) atoms. The number of imide groups is 1. The van der Waals surface area contributed by atoms with Gasteiger partial charge in [0, 0.05) is 52.8 Å². The smallest absolute Gasteiger partial charge is 0.363 e. The molecule has 0 aromatic heterocycles. The molecule has 2 amide bonds. The fourth-order valence-electron chi connectivity index (χ4n) is 7.02. The number of carboxylic acids is 1. The molecule has 1 fully saturated rings. The Kier molecular flexibility index (Phi) is 6.65. The molecule has 1 aliphatic carbocycles. The molecular formula is C37H33N3O7. The van der Waals surface area contributed by atoms with Gasteiger partial charge in [0.1, 0.15) is 11.5 Å². The molecular weight excluding hydrogens is 598 g/mol. The third kappa shape index (κ3) is 5.14. The van der Waals surface area contributed by atoms with Crippen LogP contribution in [0.1, 0.15) is 86.2 Å². The number of carboxylic acid groups (broad SMARTS) is 1. The van der Waals surface area contributed by atoms with Crippen LogP contribution in [0.25, 0.3) is 11.1 Å². The predicted octanol–water partition coefficient (Wildman–Crippen LogP) is 4.63. The molecule has 0 spiro atoms. The highest BCUT2D eigenvalue weighted by Crippen LogP contribution is 2.41. The number of carbonyl (C=O) groups is 4. The van der Waals surface area contributed by atoms with Gasteiger partial charge in [0.25, 0.3) is 11.8 Å². The predicted molar refractivity (Wildman–Crippen MR) is 173 cm³/mol. The van der Waals surface area contributed by atoms with Crippen LogP contribution >= 0.6 is 0 Å². The van der Waals surface area contributed by atoms with E-state index in [0.717, 1.165) is 27.8 Å². The Morgan fingerprint density at radius 2 is 1.66 bits per heavy atom. The van der Waals surface area contributed by atoms with E-state index in [-0.39, 0.29) is 35.4 Å². The highest BCUT2D eigenvalue weighted by molar-refractivity contribution is 6.08. The zero-order valence-corrected chi connectivity index (χ0v) is 26.9. The number of fused-ring (bicyclic) bond motifs is 4. The topological polar surface area (TPSA) is 135 Å². The van der Waals surface area contributed by atoms with Crippen LogP contribution < -0.4 is 15.3 Å². The molecule has 5 aliphatic rings. The summed E-state index contributed by atoms with van der Waals surface area (Å²) in [6, 6.07) is 7.91. The fourth-order valence-corrected chi connectivity index (χ4v) is 7.02. The van der Waals surface area contributed by atoms with Crippen LogP contribution in [0.5, 0.6) is 5.75 Å². The van der Waals surface area contributed by atoms with Crippen molar-refractivity contribution in [3.05, 3.63) is 104 Å². The van der Waals surface area contributed by atoms with Crippen LogP contribution in [-0.2, 0) is 14.4 Å². The van der Waals surface area contributed by atoms with Crippen molar-refractivity contribution in [3.8, 4) is 5.75 Å². The monoisotopic (exact) mass is 631 g/mol. The van der Waals surface area contributed by atoms with Crippen molar-refractivity contribution in [3.63, 3.8) is 0 Å². The van der Waals surface area contributed by atoms with E-state index in [1.807, 2.05) is 65.8 Å². The van der Waals surface area contributed by atoms with Gasteiger partial charge in [-0.1, -0.05) is 23.8 Å². The molecule has 4 heterocycles. The van der Waals surface area contributed by atoms with Crippen molar-refractivity contribution in [1.82, 2.24) is 5.06 Å². The number of rotatable bonds is 4. The molecule has 10 nitrogen and oxygen atoms in total. The lowest BCUT2D eigenvalue weighted by atomic mass is 9.78. The van der Waals surface area contributed by atoms with E-state index < -0.39 is 34.8 Å². The molecule has 1 saturated heterocycles. The van der Waals surface area contributed by atoms with E-state index in [4.69, 9.17) is 19.6 Å². The number of ether oxygens (including phenoxy) is 1. The summed E-state index contributed by atoms with van der Waals surface area (Å²) < 4.78 is 6.57. The molecule has 0 radical (unpaired) electrons. The number of hydrogen-bond acceptors (Lipinski definition) is 8. The standard InChI is InChI=1S/C37H33N3O7/c1-18-16-36(3,4)38-27-14-29-25(12-22(18)27)33(26-13-23-19(2)17-37(5,6)39-28(23)15-30(26)46-29)24-11-20(7-8-21(24)34(43)44)35(45)47-40-31(41)9-10-32(40)42/h7-8,11-17,22H,9-10H2,1-6H3,(H,43,44). The SMILES string of the molecule is CC1=CC(C)(C)N=c2cc3c(cc21)=C(c1cc(C(=O)ON2C(=O)CCC2=O)ccc1C(=O)O)C1=CC2C(C)=CC(C)(C)N=C2C=C1O3. The maximum absolute atomic E-state index is 13.3. The van der Waals surface area contributed by atoms with Crippen molar-refractivity contribution in [1.29, 1.82) is 0 Å². The van der Waals surface area contributed by atoms with E-state index >= 15 is 0 Å². The Morgan fingerprint density at radius 3 is 2.36 bits per heavy atom. The number of hydroxylamine groups is 2. The first kappa shape index (κ1) is 30.3. The third-order valence-electron chi connectivity index (χ3n) is 8.88. The van der Waals surface area contributed by atoms with Gasteiger partial charge >= 0.3 is 11.9 Å². The first-order valence-electron chi connectivity index (χ1n) is 15.5. The van der Waals surface area contributed by atoms with Gasteiger partial charge in [-0.25, -0.2) is 9.59 Å². The van der Waals surface area contributed by atoms with E-state index in [1.54, 1.807) is 0 Å². The molecule has 10 heteroatoms. The van der Waals surface area contributed by atoms with E-state index in [2.05, 4.69) is 12.2 Å². The summed E-state index contributed by atoms with van der Waals surface area (Å²) in [5.41, 5.74) is 4.36. The van der Waals surface area contributed by atoms with Crippen LogP contribution in [0, 0.1) is 5.92 Å². The average molecular weight is 632 g/mol. The summed E-state index contributed by atoms with van der Waals surface area (Å²) in [7, 11) is 0. The molecule has 238 valence electrons. The van der Waals surface area contributed by atoms with Crippen LogP contribution in [0.4, 0.5) is 0 Å². The van der Waals surface area contributed by atoms with Gasteiger partial charge in [0.15, 0.2) is 0 Å². The number of amides is 2. The normalized spacial score (nSPS) is 21.7. The van der Waals surface area contributed by atoms with E-state index in [0.29, 0.717) is 32.9 Å². The first-order valence-corrected chi connectivity index (χ1v) is 15.5. The van der Waals surface area contributed by atoms with Crippen LogP contribution in [0.3, 0.4) is 0 Å². The van der Waals surface area contributed by atoms with Crippen molar-refractivity contribution in [2.45, 2.75) is 65.5 Å². The second-order valence-electron chi connectivity index (χ2n) is 13.6. The first-order chi connectivity index (χ1) is 22.1. The second-order valence-corrected chi connectivity index (χ2v) is 13.6. The summed E-state index contributed by atoms with van der Waals surface area (Å²) in [4.78, 5) is 65.5. The van der Waals surface area contributed by atoms with Crippen molar-refractivity contribution in [2.75, 3.05) is 0 Å². The lowest BCUT2D eigenvalue weighted by Gasteiger charge is -2.34. The number of nitrogens with zero attached hydrogens (tertiary/aromatic N) is 3. The third-order valence-corrected chi connectivity index (χ3v) is 8.88. The number of aromatic carboxylic acids is 1. The Morgan fingerprint density at radius 1 is 0.957 bits per heavy atom. The molecule has 0 saturated carbocycles. The second kappa shape index (κ2) is 10.3. The molecule has 7 rings (SSSR count). The quantitative estimate of drug-likeness (QED) is 0.384. The zero-order chi connectivity index (χ0) is 33.6. The maximum Gasteiger partial charge on any atom is 0.363 e. The lowest BCUT2D eigenvalue weighted by molar-refractivity contribution is -0.172. The Balaban J connectivity index is 1.50. The van der Waals surface area contributed by atoms with Gasteiger partial charge in [-0.3, -0.25) is 19.6 Å². The number of allylic oxidation sites excluding steroid dienone is 5. The summed E-state index contributed by atoms with van der Waals surface area (Å²) >= 11 is 0. The van der Waals surface area contributed by atoms with E-state index in [1.165, 1.54) is 18.2 Å². The summed E-state index contributed by atoms with van der Waals surface area (Å²) in [5, 5.41) is 12.3. The van der Waals surface area contributed by atoms with Crippen molar-refractivity contribution >= 4 is 40.6 Å². The van der Waals surface area contributed by atoms with Crippen LogP contribution in [-0.4, -0.2) is 50.7 Å². The molecule has 0 bridgehead atoms. The number of benzene rings is 2. The van der Waals surface area contributed by atoms with Gasteiger partial charge in [-0.15, -0.1) is 5.06 Å². The van der Waals surface area contributed by atoms with Crippen molar-refractivity contribution in [2.24, 2.45) is 15.9 Å². The minimum absolute atomic E-state index is 0.0245. The largest absolute Gasteiger partial charge is 0.478 e. The van der Waals surface area contributed by atoms with Gasteiger partial charge < -0.3 is 14.7 Å². The average Bonchev–Trinajstić information content (AvgIpc) is 3.29. The Hall–Kier alpha value is -5.38. The zero-order valence-electron chi connectivity index (χ0n) is 26.9. The Labute approximate surface area is 270 Å². The fraction of sp³-hybridized carbons (Fsp3) is 0.297. The number of aliphatic imine (C=N–C) groups is 1. The lowest BCUT2D eigenvalue weighted by Crippen LogP contribution is -2.34. The van der Waals surface area contributed by atoms with Gasteiger partial charge in [0.2, 0.25) is 0 Å². The summed E-state index contributed by atoms with van der Waals surface area (Å²) in [5.74, 6) is -2.58. The molecule has 4 aliphatic heterocycles. The van der Waals surface area contributed by atoms with Gasteiger partial charge in [0.05, 0.1) is 33.3 Å². The number of dihydropyridines is 1. The number of carbonyl (C=O) groups excluding carboxylic acids is 3. The molecule has 1 unspecified atom stereocenters. The highest BCUT2D eigenvalue weighted by atomic mass is 16.7. The van der Waals surface area contributed by atoms with Crippen LogP contribution in [0.15, 0.2) is 81.5 Å². The summed E-state index contributed by atoms with van der Waals surface area (Å²) in [6.45, 7) is 12.2. The molecule has 1 atom stereocenters. The van der Waals surface area contributed by atoms with E-state index in [9.17, 15) is 24.3 Å². The van der Waals surface area contributed by atoms with Gasteiger partial charge in [-0.05, 0) is 76.9 Å². The highest BCUT2D eigenvalue weighted by Gasteiger charge is 2.37. The molecule has 2 aromatic carbocycles. The van der Waals surface area contributed by atoms with Gasteiger partial charge in [-0.2, -0.15) is 0 Å². The minimum atomic E-state index is -1.20. The summed E-state index contributed by atoms with van der Waals surface area (Å²) in [6.07, 6.45) is 8.02. The number of hydrogen-bond donors (Lipinski definition) is 1. The Bertz CT molecular complexity index is 2140. The molecule has 1 N–H and O–H groups in total.